The molecule has 0 aliphatic carbocycles. The molecule has 3 heterocycles. The van der Waals surface area contributed by atoms with Gasteiger partial charge in [0.2, 0.25) is 10.0 Å². The summed E-state index contributed by atoms with van der Waals surface area (Å²) in [5.41, 5.74) is 2.56. The number of thiazole rings is 1. The van der Waals surface area contributed by atoms with Crippen LogP contribution in [0.2, 0.25) is 0 Å². The number of aryl methyl sites for hydroxylation is 1. The van der Waals surface area contributed by atoms with Crippen molar-refractivity contribution in [2.75, 3.05) is 51.3 Å². The van der Waals surface area contributed by atoms with E-state index in [1.54, 1.807) is 42.7 Å². The van der Waals surface area contributed by atoms with E-state index in [4.69, 9.17) is 9.72 Å². The third-order valence-corrected chi connectivity index (χ3v) is 9.72. The molecule has 0 unspecified atom stereocenters. The highest BCUT2D eigenvalue weighted by molar-refractivity contribution is 7.89. The Morgan fingerprint density at radius 2 is 1.65 bits per heavy atom. The molecule has 0 N–H and O–H groups in total. The maximum Gasteiger partial charge on any atom is 0.253 e. The number of amides is 1. The van der Waals surface area contributed by atoms with Gasteiger partial charge in [-0.3, -0.25) is 4.79 Å². The van der Waals surface area contributed by atoms with E-state index in [-0.39, 0.29) is 10.8 Å². The Kier molecular flexibility index (Phi) is 6.22. The highest BCUT2D eigenvalue weighted by Crippen LogP contribution is 2.36. The molecule has 0 spiro atoms. The normalized spacial score (nSPS) is 17.5. The molecule has 180 valence electrons. The van der Waals surface area contributed by atoms with Crippen LogP contribution >= 0.6 is 11.3 Å². The molecule has 1 aromatic heterocycles. The zero-order valence-electron chi connectivity index (χ0n) is 19.4. The van der Waals surface area contributed by atoms with Gasteiger partial charge in [-0.15, -0.1) is 0 Å². The number of rotatable bonds is 5. The van der Waals surface area contributed by atoms with Crippen molar-refractivity contribution in [3.05, 3.63) is 47.5 Å². The number of carbonyl (C=O) groups is 1. The number of anilines is 1. The molecule has 10 heteroatoms. The number of benzene rings is 2. The molecule has 0 radical (unpaired) electrons. The van der Waals surface area contributed by atoms with Crippen LogP contribution in [0.5, 0.6) is 5.75 Å². The Labute approximate surface area is 203 Å². The van der Waals surface area contributed by atoms with Crippen molar-refractivity contribution >= 4 is 42.6 Å². The lowest BCUT2D eigenvalue weighted by Crippen LogP contribution is -2.48. The molecule has 2 aliphatic rings. The first-order valence-electron chi connectivity index (χ1n) is 11.5. The number of aromatic nitrogens is 1. The van der Waals surface area contributed by atoms with E-state index in [2.05, 4.69) is 11.8 Å². The zero-order valence-corrected chi connectivity index (χ0v) is 21.0. The minimum absolute atomic E-state index is 0.0772. The number of piperazine rings is 1. The molecular formula is C24H28N4O4S2. The van der Waals surface area contributed by atoms with E-state index in [1.165, 1.54) is 9.87 Å². The van der Waals surface area contributed by atoms with E-state index in [0.29, 0.717) is 44.8 Å². The van der Waals surface area contributed by atoms with Gasteiger partial charge in [0.15, 0.2) is 5.13 Å². The van der Waals surface area contributed by atoms with E-state index < -0.39 is 10.0 Å². The quantitative estimate of drug-likeness (QED) is 0.534. The topological polar surface area (TPSA) is 83.0 Å². The molecule has 0 saturated carbocycles. The molecule has 2 aliphatic heterocycles. The fourth-order valence-corrected chi connectivity index (χ4v) is 7.15. The maximum absolute atomic E-state index is 13.0. The second kappa shape index (κ2) is 9.16. The van der Waals surface area contributed by atoms with Crippen LogP contribution in [-0.4, -0.2) is 74.9 Å². The summed E-state index contributed by atoms with van der Waals surface area (Å²) in [6.07, 6.45) is 1.79. The van der Waals surface area contributed by atoms with Crippen molar-refractivity contribution in [2.45, 2.75) is 24.7 Å². The van der Waals surface area contributed by atoms with Gasteiger partial charge in [-0.25, -0.2) is 13.4 Å². The number of ether oxygens (including phenoxy) is 1. The van der Waals surface area contributed by atoms with Crippen LogP contribution in [0.15, 0.2) is 41.3 Å². The van der Waals surface area contributed by atoms with Crippen LogP contribution in [0.1, 0.15) is 28.8 Å². The lowest BCUT2D eigenvalue weighted by atomic mass is 10.2. The first-order chi connectivity index (χ1) is 16.4. The number of hydrogen-bond donors (Lipinski definition) is 0. The SMILES string of the molecule is COc1ccc(C)c2sc(N3CCN(C(=O)c4ccc(S(=O)(=O)N5CCCC5)cc4)CC3)nc12. The average Bonchev–Trinajstić information content (AvgIpc) is 3.56. The lowest BCUT2D eigenvalue weighted by Gasteiger charge is -2.34. The van der Waals surface area contributed by atoms with Crippen LogP contribution < -0.4 is 9.64 Å². The Balaban J connectivity index is 1.26. The molecule has 3 aromatic rings. The first-order valence-corrected chi connectivity index (χ1v) is 13.7. The summed E-state index contributed by atoms with van der Waals surface area (Å²) in [6, 6.07) is 10.3. The summed E-state index contributed by atoms with van der Waals surface area (Å²) >= 11 is 1.65. The maximum atomic E-state index is 13.0. The van der Waals surface area contributed by atoms with Gasteiger partial charge < -0.3 is 14.5 Å². The summed E-state index contributed by atoms with van der Waals surface area (Å²) in [6.45, 7) is 5.74. The van der Waals surface area contributed by atoms with Gasteiger partial charge in [-0.05, 0) is 55.7 Å². The van der Waals surface area contributed by atoms with Crippen LogP contribution in [-0.2, 0) is 10.0 Å². The summed E-state index contributed by atoms with van der Waals surface area (Å²) in [4.78, 5) is 22.1. The highest BCUT2D eigenvalue weighted by atomic mass is 32.2. The van der Waals surface area contributed by atoms with Crippen molar-refractivity contribution in [3.63, 3.8) is 0 Å². The van der Waals surface area contributed by atoms with Crippen molar-refractivity contribution in [1.82, 2.24) is 14.2 Å². The summed E-state index contributed by atoms with van der Waals surface area (Å²) < 4.78 is 33.6. The third-order valence-electron chi connectivity index (χ3n) is 6.55. The Morgan fingerprint density at radius 3 is 2.29 bits per heavy atom. The molecule has 34 heavy (non-hydrogen) atoms. The predicted octanol–water partition coefficient (Wildman–Crippen LogP) is 3.36. The van der Waals surface area contributed by atoms with Gasteiger partial charge in [-0.2, -0.15) is 4.31 Å². The highest BCUT2D eigenvalue weighted by Gasteiger charge is 2.28. The number of carbonyl (C=O) groups excluding carboxylic acids is 1. The molecule has 5 rings (SSSR count). The second-order valence-corrected chi connectivity index (χ2v) is 11.6. The summed E-state index contributed by atoms with van der Waals surface area (Å²) in [5.74, 6) is 0.693. The van der Waals surface area contributed by atoms with Crippen molar-refractivity contribution in [3.8, 4) is 5.75 Å². The van der Waals surface area contributed by atoms with E-state index in [9.17, 15) is 13.2 Å². The molecule has 0 bridgehead atoms. The van der Waals surface area contributed by atoms with Gasteiger partial charge >= 0.3 is 0 Å². The Hall–Kier alpha value is -2.69. The second-order valence-electron chi connectivity index (χ2n) is 8.67. The van der Waals surface area contributed by atoms with Crippen LogP contribution in [0.25, 0.3) is 10.2 Å². The fraction of sp³-hybridized carbons (Fsp3) is 0.417. The minimum atomic E-state index is -3.48. The zero-order chi connectivity index (χ0) is 23.9. The van der Waals surface area contributed by atoms with Crippen molar-refractivity contribution in [2.24, 2.45) is 0 Å². The van der Waals surface area contributed by atoms with Gasteiger partial charge in [0.1, 0.15) is 11.3 Å². The number of nitrogens with zero attached hydrogens (tertiary/aromatic N) is 4. The van der Waals surface area contributed by atoms with E-state index >= 15 is 0 Å². The van der Waals surface area contributed by atoms with Crippen molar-refractivity contribution in [1.29, 1.82) is 0 Å². The van der Waals surface area contributed by atoms with E-state index in [0.717, 1.165) is 33.9 Å². The molecule has 2 aromatic carbocycles. The number of fused-ring (bicyclic) bond motifs is 1. The monoisotopic (exact) mass is 500 g/mol. The largest absolute Gasteiger partial charge is 0.494 e. The van der Waals surface area contributed by atoms with Crippen LogP contribution in [0.3, 0.4) is 0 Å². The predicted molar refractivity (Wildman–Crippen MR) is 133 cm³/mol. The summed E-state index contributed by atoms with van der Waals surface area (Å²) in [7, 11) is -1.82. The molecule has 0 atom stereocenters. The first kappa shape index (κ1) is 23.1. The van der Waals surface area contributed by atoms with Gasteiger partial charge in [0, 0.05) is 44.8 Å². The minimum Gasteiger partial charge on any atom is -0.494 e. The Bertz CT molecular complexity index is 1310. The number of sulfonamides is 1. The average molecular weight is 501 g/mol. The molecule has 1 amide bonds. The molecule has 2 saturated heterocycles. The standard InChI is InChI=1S/C24H28N4O4S2/c1-17-5-10-20(32-2)21-22(17)33-24(25-21)27-15-13-26(14-16-27)23(29)18-6-8-19(9-7-18)34(30,31)28-11-3-4-12-28/h5-10H,3-4,11-16H2,1-2H3. The smallest absolute Gasteiger partial charge is 0.253 e. The third kappa shape index (κ3) is 4.14. The van der Waals surface area contributed by atoms with Gasteiger partial charge in [0.25, 0.3) is 5.91 Å². The van der Waals surface area contributed by atoms with Gasteiger partial charge in [-0.1, -0.05) is 17.4 Å². The Morgan fingerprint density at radius 1 is 0.971 bits per heavy atom. The molecular weight excluding hydrogens is 472 g/mol. The molecule has 8 nitrogen and oxygen atoms in total. The number of methoxy groups -OCH3 is 1. The van der Waals surface area contributed by atoms with Gasteiger partial charge in [0.05, 0.1) is 16.7 Å². The van der Waals surface area contributed by atoms with Crippen molar-refractivity contribution < 1.29 is 17.9 Å². The molecule has 2 fully saturated rings. The number of hydrogen-bond acceptors (Lipinski definition) is 7. The van der Waals surface area contributed by atoms with Crippen LogP contribution in [0, 0.1) is 6.92 Å². The summed E-state index contributed by atoms with van der Waals surface area (Å²) in [5, 5.41) is 0.936. The van der Waals surface area contributed by atoms with Crippen LogP contribution in [0.4, 0.5) is 5.13 Å². The van der Waals surface area contributed by atoms with E-state index in [1.807, 2.05) is 17.0 Å². The fourth-order valence-electron chi connectivity index (χ4n) is 4.53. The lowest BCUT2D eigenvalue weighted by molar-refractivity contribution is 0.0746.